The summed E-state index contributed by atoms with van der Waals surface area (Å²) in [4.78, 5) is 25.1. The summed E-state index contributed by atoms with van der Waals surface area (Å²) < 4.78 is 13.9. The predicted molar refractivity (Wildman–Crippen MR) is 105 cm³/mol. The molecule has 0 aliphatic carbocycles. The molecule has 1 N–H and O–H groups in total. The van der Waals surface area contributed by atoms with Crippen molar-refractivity contribution in [1.29, 1.82) is 0 Å². The fourth-order valence-electron chi connectivity index (χ4n) is 2.59. The van der Waals surface area contributed by atoms with E-state index in [0.717, 1.165) is 6.07 Å². The van der Waals surface area contributed by atoms with Gasteiger partial charge in [-0.05, 0) is 35.9 Å². The number of amides is 1. The van der Waals surface area contributed by atoms with E-state index in [9.17, 15) is 14.0 Å². The highest BCUT2D eigenvalue weighted by Crippen LogP contribution is 2.24. The van der Waals surface area contributed by atoms with Gasteiger partial charge in [0.05, 0.1) is 12.1 Å². The third-order valence-electron chi connectivity index (χ3n) is 3.90. The summed E-state index contributed by atoms with van der Waals surface area (Å²) in [5.41, 5.74) is 1.26. The molecule has 0 heterocycles. The van der Waals surface area contributed by atoms with Gasteiger partial charge in [0.25, 0.3) is 0 Å². The van der Waals surface area contributed by atoms with Crippen molar-refractivity contribution in [3.8, 4) is 0 Å². The van der Waals surface area contributed by atoms with Crippen molar-refractivity contribution < 1.29 is 14.0 Å². The minimum absolute atomic E-state index is 0.190. The van der Waals surface area contributed by atoms with Crippen LogP contribution in [0.5, 0.6) is 0 Å². The summed E-state index contributed by atoms with van der Waals surface area (Å²) >= 11 is 11.7. The second kappa shape index (κ2) is 8.33. The third kappa shape index (κ3) is 4.73. The Balaban J connectivity index is 1.84. The van der Waals surface area contributed by atoms with Gasteiger partial charge in [-0.25, -0.2) is 4.39 Å². The first-order valence-electron chi connectivity index (χ1n) is 8.07. The average Bonchev–Trinajstić information content (AvgIpc) is 2.65. The van der Waals surface area contributed by atoms with Crippen LogP contribution in [-0.2, 0) is 11.2 Å². The van der Waals surface area contributed by atoms with E-state index >= 15 is 0 Å². The van der Waals surface area contributed by atoms with Crippen molar-refractivity contribution in [2.75, 3.05) is 5.32 Å². The van der Waals surface area contributed by atoms with Gasteiger partial charge in [0.2, 0.25) is 5.91 Å². The summed E-state index contributed by atoms with van der Waals surface area (Å²) in [7, 11) is 0. The lowest BCUT2D eigenvalue weighted by Crippen LogP contribution is -2.17. The maximum absolute atomic E-state index is 13.9. The summed E-state index contributed by atoms with van der Waals surface area (Å²) in [5, 5.41) is 3.29. The molecular formula is C21H14Cl2FNO2. The van der Waals surface area contributed by atoms with Crippen molar-refractivity contribution in [2.45, 2.75) is 6.42 Å². The van der Waals surface area contributed by atoms with Gasteiger partial charge in [-0.3, -0.25) is 9.59 Å². The first-order chi connectivity index (χ1) is 12.9. The molecular weight excluding hydrogens is 388 g/mol. The molecule has 0 aromatic heterocycles. The number of halogens is 3. The van der Waals surface area contributed by atoms with Crippen molar-refractivity contribution in [2.24, 2.45) is 0 Å². The third-order valence-corrected chi connectivity index (χ3v) is 4.37. The molecule has 1 amide bonds. The molecule has 3 nitrogen and oxygen atoms in total. The minimum Gasteiger partial charge on any atom is -0.325 e. The molecule has 3 rings (SSSR count). The summed E-state index contributed by atoms with van der Waals surface area (Å²) in [6, 6.07) is 17.4. The van der Waals surface area contributed by atoms with E-state index in [0.29, 0.717) is 16.3 Å². The zero-order valence-corrected chi connectivity index (χ0v) is 15.5. The largest absolute Gasteiger partial charge is 0.325 e. The number of carbonyl (C=O) groups is 2. The molecule has 0 aliphatic rings. The van der Waals surface area contributed by atoms with Crippen LogP contribution in [0.1, 0.15) is 21.5 Å². The highest BCUT2D eigenvalue weighted by atomic mass is 35.5. The number of benzene rings is 3. The number of rotatable bonds is 5. The summed E-state index contributed by atoms with van der Waals surface area (Å²) in [6.07, 6.45) is -0.190. The lowest BCUT2D eigenvalue weighted by molar-refractivity contribution is -0.115. The van der Waals surface area contributed by atoms with Crippen LogP contribution >= 0.6 is 23.2 Å². The molecule has 0 unspecified atom stereocenters. The number of hydrogen-bond donors (Lipinski definition) is 1. The Hall–Kier alpha value is -2.69. The number of carbonyl (C=O) groups excluding carboxylic acids is 2. The van der Waals surface area contributed by atoms with Crippen LogP contribution < -0.4 is 5.32 Å². The molecule has 136 valence electrons. The fraction of sp³-hybridized carbons (Fsp3) is 0.0476. The molecule has 0 bridgehead atoms. The van der Waals surface area contributed by atoms with Crippen LogP contribution in [0.2, 0.25) is 10.0 Å². The minimum atomic E-state index is -0.561. The van der Waals surface area contributed by atoms with Gasteiger partial charge in [-0.15, -0.1) is 0 Å². The molecule has 6 heteroatoms. The lowest BCUT2D eigenvalue weighted by Gasteiger charge is -2.12. The normalized spacial score (nSPS) is 10.5. The van der Waals surface area contributed by atoms with Crippen LogP contribution in [0.25, 0.3) is 0 Å². The predicted octanol–water partition coefficient (Wildman–Crippen LogP) is 5.54. The van der Waals surface area contributed by atoms with Gasteiger partial charge in [-0.2, -0.15) is 0 Å². The van der Waals surface area contributed by atoms with Crippen LogP contribution in [0, 0.1) is 5.82 Å². The number of nitrogens with one attached hydrogen (secondary N) is 1. The lowest BCUT2D eigenvalue weighted by atomic mass is 10.0. The second-order valence-corrected chi connectivity index (χ2v) is 6.72. The molecule has 0 aliphatic heterocycles. The Morgan fingerprint density at radius 3 is 2.26 bits per heavy atom. The highest BCUT2D eigenvalue weighted by Gasteiger charge is 2.17. The average molecular weight is 402 g/mol. The van der Waals surface area contributed by atoms with Crippen molar-refractivity contribution >= 4 is 40.6 Å². The van der Waals surface area contributed by atoms with Crippen LogP contribution in [0.3, 0.4) is 0 Å². The number of hydrogen-bond acceptors (Lipinski definition) is 2. The maximum atomic E-state index is 13.9. The Labute approximate surface area is 165 Å². The molecule has 3 aromatic rings. The van der Waals surface area contributed by atoms with E-state index in [2.05, 4.69) is 5.32 Å². The SMILES string of the molecule is O=C(Cc1ccc(Cl)cc1F)Nc1ccc(Cl)cc1C(=O)c1ccccc1. The van der Waals surface area contributed by atoms with Gasteiger partial charge in [-0.1, -0.05) is 59.6 Å². The highest BCUT2D eigenvalue weighted by molar-refractivity contribution is 6.31. The van der Waals surface area contributed by atoms with Gasteiger partial charge in [0.15, 0.2) is 5.78 Å². The van der Waals surface area contributed by atoms with E-state index in [4.69, 9.17) is 23.2 Å². The standard InChI is InChI=1S/C21H14Cl2FNO2/c22-15-8-9-19(17(11-15)21(27)13-4-2-1-3-5-13)25-20(26)10-14-6-7-16(23)12-18(14)24/h1-9,11-12H,10H2,(H,25,26). The Kier molecular flexibility index (Phi) is 5.89. The summed E-state index contributed by atoms with van der Waals surface area (Å²) in [6.45, 7) is 0. The van der Waals surface area contributed by atoms with E-state index in [-0.39, 0.29) is 28.4 Å². The van der Waals surface area contributed by atoms with Crippen molar-refractivity contribution in [3.63, 3.8) is 0 Å². The molecule has 27 heavy (non-hydrogen) atoms. The molecule has 0 saturated heterocycles. The zero-order chi connectivity index (χ0) is 19.4. The van der Waals surface area contributed by atoms with Gasteiger partial charge in [0.1, 0.15) is 5.82 Å². The molecule has 0 fully saturated rings. The van der Waals surface area contributed by atoms with E-state index in [1.54, 1.807) is 42.5 Å². The van der Waals surface area contributed by atoms with Crippen LogP contribution in [0.4, 0.5) is 10.1 Å². The first kappa shape index (κ1) is 19.1. The molecule has 3 aromatic carbocycles. The Bertz CT molecular complexity index is 1010. The zero-order valence-electron chi connectivity index (χ0n) is 14.0. The first-order valence-corrected chi connectivity index (χ1v) is 8.82. The van der Waals surface area contributed by atoms with E-state index in [1.807, 2.05) is 0 Å². The van der Waals surface area contributed by atoms with Gasteiger partial charge in [0, 0.05) is 21.2 Å². The second-order valence-electron chi connectivity index (χ2n) is 5.85. The Morgan fingerprint density at radius 2 is 1.56 bits per heavy atom. The monoisotopic (exact) mass is 401 g/mol. The van der Waals surface area contributed by atoms with E-state index in [1.165, 1.54) is 18.2 Å². The van der Waals surface area contributed by atoms with E-state index < -0.39 is 11.7 Å². The number of anilines is 1. The van der Waals surface area contributed by atoms with Crippen LogP contribution in [0.15, 0.2) is 66.7 Å². The van der Waals surface area contributed by atoms with Gasteiger partial charge >= 0.3 is 0 Å². The molecule has 0 spiro atoms. The smallest absolute Gasteiger partial charge is 0.228 e. The maximum Gasteiger partial charge on any atom is 0.228 e. The quantitative estimate of drug-likeness (QED) is 0.570. The van der Waals surface area contributed by atoms with Gasteiger partial charge < -0.3 is 5.32 Å². The molecule has 0 atom stereocenters. The van der Waals surface area contributed by atoms with Crippen LogP contribution in [-0.4, -0.2) is 11.7 Å². The number of ketones is 1. The summed E-state index contributed by atoms with van der Waals surface area (Å²) in [5.74, 6) is -1.29. The van der Waals surface area contributed by atoms with Crippen molar-refractivity contribution in [3.05, 3.63) is 99.3 Å². The molecule has 0 radical (unpaired) electrons. The topological polar surface area (TPSA) is 46.2 Å². The Morgan fingerprint density at radius 1 is 0.889 bits per heavy atom. The fourth-order valence-corrected chi connectivity index (χ4v) is 2.92. The molecule has 0 saturated carbocycles. The van der Waals surface area contributed by atoms with Crippen molar-refractivity contribution in [1.82, 2.24) is 0 Å².